The molecule has 0 aliphatic carbocycles. The number of rotatable bonds is 5. The fourth-order valence-electron chi connectivity index (χ4n) is 1.65. The molecule has 0 radical (unpaired) electrons. The summed E-state index contributed by atoms with van der Waals surface area (Å²) in [6.45, 7) is 7.18. The molecule has 0 aliphatic rings. The van der Waals surface area contributed by atoms with Gasteiger partial charge in [0.25, 0.3) is 5.91 Å². The monoisotopic (exact) mass is 248 g/mol. The van der Waals surface area contributed by atoms with E-state index in [2.05, 4.69) is 5.32 Å². The highest BCUT2D eigenvalue weighted by Crippen LogP contribution is 2.02. The van der Waals surface area contributed by atoms with Crippen molar-refractivity contribution < 1.29 is 9.59 Å². The van der Waals surface area contributed by atoms with Gasteiger partial charge in [-0.3, -0.25) is 9.59 Å². The molecule has 0 heterocycles. The van der Waals surface area contributed by atoms with Crippen LogP contribution < -0.4 is 5.32 Å². The summed E-state index contributed by atoms with van der Waals surface area (Å²) in [5.74, 6) is -0.268. The van der Waals surface area contributed by atoms with Gasteiger partial charge in [-0.2, -0.15) is 0 Å². The number of amides is 2. The molecule has 4 heteroatoms. The summed E-state index contributed by atoms with van der Waals surface area (Å²) in [4.78, 5) is 25.2. The van der Waals surface area contributed by atoms with Crippen molar-refractivity contribution in [1.82, 2.24) is 10.2 Å². The van der Waals surface area contributed by atoms with E-state index >= 15 is 0 Å². The minimum atomic E-state index is -0.212. The molecule has 1 aromatic rings. The fourth-order valence-corrected chi connectivity index (χ4v) is 1.65. The Morgan fingerprint density at radius 1 is 1.11 bits per heavy atom. The smallest absolute Gasteiger partial charge is 0.251 e. The van der Waals surface area contributed by atoms with Crippen LogP contribution in [-0.2, 0) is 4.79 Å². The number of hydrogen-bond acceptors (Lipinski definition) is 2. The number of aryl methyl sites for hydroxylation is 1. The second-order valence-corrected chi connectivity index (χ2v) is 4.11. The van der Waals surface area contributed by atoms with Crippen molar-refractivity contribution in [2.75, 3.05) is 19.6 Å². The first kappa shape index (κ1) is 14.2. The Morgan fingerprint density at radius 2 is 1.67 bits per heavy atom. The molecule has 0 unspecified atom stereocenters. The third kappa shape index (κ3) is 3.87. The molecule has 1 N–H and O–H groups in total. The van der Waals surface area contributed by atoms with Gasteiger partial charge in [0.05, 0.1) is 6.54 Å². The van der Waals surface area contributed by atoms with Gasteiger partial charge in [-0.25, -0.2) is 0 Å². The van der Waals surface area contributed by atoms with Gasteiger partial charge in [0.15, 0.2) is 0 Å². The normalized spacial score (nSPS) is 9.94. The van der Waals surface area contributed by atoms with Crippen LogP contribution in [0.5, 0.6) is 0 Å². The molecule has 0 saturated heterocycles. The third-order valence-corrected chi connectivity index (χ3v) is 2.83. The Labute approximate surface area is 108 Å². The molecule has 1 rings (SSSR count). The van der Waals surface area contributed by atoms with Crippen LogP contribution in [0.1, 0.15) is 29.8 Å². The maximum atomic E-state index is 11.8. The van der Waals surface area contributed by atoms with Crippen LogP contribution in [0.2, 0.25) is 0 Å². The van der Waals surface area contributed by atoms with E-state index in [0.29, 0.717) is 18.7 Å². The molecule has 1 aromatic carbocycles. The Hall–Kier alpha value is -1.84. The molecule has 18 heavy (non-hydrogen) atoms. The number of carbonyl (C=O) groups is 2. The second-order valence-electron chi connectivity index (χ2n) is 4.11. The van der Waals surface area contributed by atoms with Crippen LogP contribution >= 0.6 is 0 Å². The van der Waals surface area contributed by atoms with Gasteiger partial charge in [0.1, 0.15) is 0 Å². The molecule has 0 spiro atoms. The second kappa shape index (κ2) is 6.79. The van der Waals surface area contributed by atoms with E-state index in [-0.39, 0.29) is 18.4 Å². The zero-order valence-electron chi connectivity index (χ0n) is 11.2. The molecule has 98 valence electrons. The van der Waals surface area contributed by atoms with E-state index in [0.717, 1.165) is 5.56 Å². The summed E-state index contributed by atoms with van der Waals surface area (Å²) < 4.78 is 0. The van der Waals surface area contributed by atoms with E-state index in [4.69, 9.17) is 0 Å². The molecule has 0 bridgehead atoms. The lowest BCUT2D eigenvalue weighted by molar-refractivity contribution is -0.129. The van der Waals surface area contributed by atoms with Crippen molar-refractivity contribution in [3.63, 3.8) is 0 Å². The van der Waals surface area contributed by atoms with E-state index in [1.165, 1.54) is 0 Å². The maximum absolute atomic E-state index is 11.8. The number of carbonyl (C=O) groups excluding carboxylic acids is 2. The molecule has 4 nitrogen and oxygen atoms in total. The van der Waals surface area contributed by atoms with Crippen molar-refractivity contribution in [3.8, 4) is 0 Å². The summed E-state index contributed by atoms with van der Waals surface area (Å²) in [7, 11) is 0. The Balaban J connectivity index is 2.51. The predicted octanol–water partition coefficient (Wildman–Crippen LogP) is 1.59. The van der Waals surface area contributed by atoms with Crippen LogP contribution in [-0.4, -0.2) is 36.3 Å². The van der Waals surface area contributed by atoms with E-state index in [1.807, 2.05) is 32.9 Å². The summed E-state index contributed by atoms with van der Waals surface area (Å²) in [6.07, 6.45) is 0. The standard InChI is InChI=1S/C14H20N2O2/c1-4-16(5-2)13(17)10-15-14(18)12-8-6-11(3)7-9-12/h6-9H,4-5,10H2,1-3H3,(H,15,18). The lowest BCUT2D eigenvalue weighted by atomic mass is 10.1. The number of nitrogens with one attached hydrogen (secondary N) is 1. The molecule has 0 aromatic heterocycles. The number of nitrogens with zero attached hydrogens (tertiary/aromatic N) is 1. The first-order valence-corrected chi connectivity index (χ1v) is 6.21. The molecular weight excluding hydrogens is 228 g/mol. The summed E-state index contributed by atoms with van der Waals surface area (Å²) in [5.41, 5.74) is 1.68. The molecule has 0 fully saturated rings. The predicted molar refractivity (Wildman–Crippen MR) is 71.4 cm³/mol. The Kier molecular flexibility index (Phi) is 5.36. The average molecular weight is 248 g/mol. The molecule has 0 saturated carbocycles. The summed E-state index contributed by atoms with van der Waals surface area (Å²) in [6, 6.07) is 7.27. The third-order valence-electron chi connectivity index (χ3n) is 2.83. The minimum absolute atomic E-state index is 0.0500. The van der Waals surface area contributed by atoms with E-state index < -0.39 is 0 Å². The number of hydrogen-bond donors (Lipinski definition) is 1. The topological polar surface area (TPSA) is 49.4 Å². The molecule has 2 amide bonds. The van der Waals surface area contributed by atoms with Crippen molar-refractivity contribution in [1.29, 1.82) is 0 Å². The highest BCUT2D eigenvalue weighted by atomic mass is 16.2. The number of benzene rings is 1. The lowest BCUT2D eigenvalue weighted by Gasteiger charge is -2.18. The van der Waals surface area contributed by atoms with Gasteiger partial charge in [0.2, 0.25) is 5.91 Å². The zero-order chi connectivity index (χ0) is 13.5. The first-order valence-electron chi connectivity index (χ1n) is 6.21. The molecule has 0 aliphatic heterocycles. The lowest BCUT2D eigenvalue weighted by Crippen LogP contribution is -2.39. The molecule has 0 atom stereocenters. The minimum Gasteiger partial charge on any atom is -0.343 e. The quantitative estimate of drug-likeness (QED) is 0.860. The van der Waals surface area contributed by atoms with Gasteiger partial charge in [-0.05, 0) is 32.9 Å². The van der Waals surface area contributed by atoms with E-state index in [1.54, 1.807) is 17.0 Å². The average Bonchev–Trinajstić information content (AvgIpc) is 2.38. The van der Waals surface area contributed by atoms with E-state index in [9.17, 15) is 9.59 Å². The van der Waals surface area contributed by atoms with Gasteiger partial charge in [-0.15, -0.1) is 0 Å². The van der Waals surface area contributed by atoms with Crippen LogP contribution in [0.15, 0.2) is 24.3 Å². The largest absolute Gasteiger partial charge is 0.343 e. The van der Waals surface area contributed by atoms with Crippen molar-refractivity contribution in [2.24, 2.45) is 0 Å². The SMILES string of the molecule is CCN(CC)C(=O)CNC(=O)c1ccc(C)cc1. The zero-order valence-corrected chi connectivity index (χ0v) is 11.2. The fraction of sp³-hybridized carbons (Fsp3) is 0.429. The van der Waals surface area contributed by atoms with Crippen LogP contribution in [0, 0.1) is 6.92 Å². The highest BCUT2D eigenvalue weighted by Gasteiger charge is 2.11. The van der Waals surface area contributed by atoms with Crippen molar-refractivity contribution in [3.05, 3.63) is 35.4 Å². The first-order chi connectivity index (χ1) is 8.58. The Bertz CT molecular complexity index is 408. The summed E-state index contributed by atoms with van der Waals surface area (Å²) >= 11 is 0. The molecular formula is C14H20N2O2. The maximum Gasteiger partial charge on any atom is 0.251 e. The Morgan fingerprint density at radius 3 is 2.17 bits per heavy atom. The van der Waals surface area contributed by atoms with Gasteiger partial charge < -0.3 is 10.2 Å². The summed E-state index contributed by atoms with van der Waals surface area (Å²) in [5, 5.41) is 2.64. The van der Waals surface area contributed by atoms with Crippen molar-refractivity contribution >= 4 is 11.8 Å². The van der Waals surface area contributed by atoms with Gasteiger partial charge >= 0.3 is 0 Å². The van der Waals surface area contributed by atoms with Crippen LogP contribution in [0.3, 0.4) is 0 Å². The van der Waals surface area contributed by atoms with Crippen LogP contribution in [0.25, 0.3) is 0 Å². The van der Waals surface area contributed by atoms with Crippen molar-refractivity contribution in [2.45, 2.75) is 20.8 Å². The highest BCUT2D eigenvalue weighted by molar-refractivity contribution is 5.96. The van der Waals surface area contributed by atoms with Crippen LogP contribution in [0.4, 0.5) is 0 Å². The van der Waals surface area contributed by atoms with Gasteiger partial charge in [-0.1, -0.05) is 17.7 Å². The number of likely N-dealkylation sites (N-methyl/N-ethyl adjacent to an activating group) is 1. The van der Waals surface area contributed by atoms with Gasteiger partial charge in [0, 0.05) is 18.7 Å².